The lowest BCUT2D eigenvalue weighted by molar-refractivity contribution is -0.140. The highest BCUT2D eigenvalue weighted by Crippen LogP contribution is 2.03. The molecule has 0 saturated heterocycles. The first-order chi connectivity index (χ1) is 6.92. The Bertz CT molecular complexity index is 99.1. The van der Waals surface area contributed by atoms with Crippen molar-refractivity contribution >= 4 is 40.8 Å². The highest BCUT2D eigenvalue weighted by atomic mass is 35.6. The first-order valence-corrected chi connectivity index (χ1v) is 5.34. The summed E-state index contributed by atoms with van der Waals surface area (Å²) in [6, 6.07) is 0. The third-order valence-corrected chi connectivity index (χ3v) is 0.348. The van der Waals surface area contributed by atoms with E-state index in [-0.39, 0.29) is 12.6 Å². The van der Waals surface area contributed by atoms with E-state index >= 15 is 0 Å². The Hall–Kier alpha value is 0.260. The van der Waals surface area contributed by atoms with Crippen LogP contribution >= 0.6 is 34.8 Å². The van der Waals surface area contributed by atoms with Gasteiger partial charge in [-0.1, -0.05) is 34.8 Å². The average Bonchev–Trinajstić information content (AvgIpc) is 2.07. The molecule has 0 rings (SSSR count). The largest absolute Gasteiger partial charge is 0.466 e. The Kier molecular flexibility index (Phi) is 47.7. The summed E-state index contributed by atoms with van der Waals surface area (Å²) in [5.41, 5.74) is 0. The van der Waals surface area contributed by atoms with Crippen LogP contribution in [0.1, 0.15) is 20.8 Å². The van der Waals surface area contributed by atoms with E-state index in [2.05, 4.69) is 4.74 Å². The molecular formula is C8H19Cl3O4. The van der Waals surface area contributed by atoms with Crippen molar-refractivity contribution in [3.63, 3.8) is 0 Å². The van der Waals surface area contributed by atoms with Crippen LogP contribution in [0.15, 0.2) is 0 Å². The molecule has 0 aromatic heterocycles. The second-order valence-electron chi connectivity index (χ2n) is 1.49. The smallest absolute Gasteiger partial charge is 0.302 e. The van der Waals surface area contributed by atoms with Gasteiger partial charge in [-0.25, -0.2) is 0 Å². The fraction of sp³-hybridized carbons (Fsp3) is 0.875. The van der Waals surface area contributed by atoms with Crippen LogP contribution in [0.5, 0.6) is 0 Å². The van der Waals surface area contributed by atoms with Crippen LogP contribution in [-0.4, -0.2) is 40.8 Å². The predicted octanol–water partition coefficient (Wildman–Crippen LogP) is 2.16. The maximum atomic E-state index is 9.82. The van der Waals surface area contributed by atoms with Crippen molar-refractivity contribution in [1.29, 1.82) is 0 Å². The second-order valence-corrected chi connectivity index (χ2v) is 3.47. The molecule has 7 heteroatoms. The van der Waals surface area contributed by atoms with E-state index in [0.717, 1.165) is 7.11 Å². The molecule has 15 heavy (non-hydrogen) atoms. The third-order valence-electron chi connectivity index (χ3n) is 0.348. The van der Waals surface area contributed by atoms with Crippen LogP contribution < -0.4 is 0 Å². The lowest BCUT2D eigenvalue weighted by Gasteiger charge is -1.89. The number of halogens is 3. The van der Waals surface area contributed by atoms with Crippen molar-refractivity contribution in [3.05, 3.63) is 0 Å². The monoisotopic (exact) mass is 284 g/mol. The maximum absolute atomic E-state index is 9.82. The Morgan fingerprint density at radius 2 is 1.47 bits per heavy atom. The Morgan fingerprint density at radius 1 is 1.27 bits per heavy atom. The highest BCUT2D eigenvalue weighted by molar-refractivity contribution is 6.63. The second kappa shape index (κ2) is 29.2. The Balaban J connectivity index is -0.0000000590. The number of aliphatic hydroxyl groups excluding tert-OH is 2. The number of hydrogen-bond acceptors (Lipinski definition) is 4. The molecule has 2 N–H and O–H groups in total. The van der Waals surface area contributed by atoms with Gasteiger partial charge < -0.3 is 14.9 Å². The normalized spacial score (nSPS) is 7.07. The van der Waals surface area contributed by atoms with Gasteiger partial charge in [0.2, 0.25) is 0 Å². The molecule has 0 atom stereocenters. The molecule has 0 heterocycles. The van der Waals surface area contributed by atoms with Gasteiger partial charge >= 0.3 is 5.97 Å². The van der Waals surface area contributed by atoms with Crippen LogP contribution in [0.25, 0.3) is 0 Å². The first kappa shape index (κ1) is 24.5. The number of alkyl halides is 3. The molecule has 0 unspecified atom stereocenters. The molecule has 0 aliphatic carbocycles. The SMILES string of the molecule is CCO.CCOC(C)=O.CO.ClC(Cl)Cl. The van der Waals surface area contributed by atoms with E-state index in [9.17, 15) is 4.79 Å². The minimum atomic E-state index is -0.750. The maximum Gasteiger partial charge on any atom is 0.302 e. The zero-order valence-corrected chi connectivity index (χ0v) is 11.6. The summed E-state index contributed by atoms with van der Waals surface area (Å²) in [7, 11) is 1.00. The molecule has 0 radical (unpaired) electrons. The number of carbonyl (C=O) groups is 1. The molecule has 0 fully saturated rings. The van der Waals surface area contributed by atoms with Gasteiger partial charge in [0, 0.05) is 20.6 Å². The van der Waals surface area contributed by atoms with E-state index in [4.69, 9.17) is 45.0 Å². The summed E-state index contributed by atoms with van der Waals surface area (Å²) in [5.74, 6) is -0.211. The molecule has 0 aliphatic rings. The molecule has 0 aromatic carbocycles. The van der Waals surface area contributed by atoms with Crippen molar-refractivity contribution < 1.29 is 19.7 Å². The van der Waals surface area contributed by atoms with Crippen LogP contribution in [-0.2, 0) is 9.53 Å². The van der Waals surface area contributed by atoms with Crippen molar-refractivity contribution in [1.82, 2.24) is 0 Å². The Morgan fingerprint density at radius 3 is 1.47 bits per heavy atom. The molecule has 96 valence electrons. The van der Waals surface area contributed by atoms with Crippen LogP contribution in [0.4, 0.5) is 0 Å². The van der Waals surface area contributed by atoms with Gasteiger partial charge in [-0.05, 0) is 13.8 Å². The molecule has 0 amide bonds. The molecule has 0 spiro atoms. The number of esters is 1. The van der Waals surface area contributed by atoms with Gasteiger partial charge in [-0.3, -0.25) is 4.79 Å². The fourth-order valence-electron chi connectivity index (χ4n) is 0.203. The average molecular weight is 286 g/mol. The van der Waals surface area contributed by atoms with Gasteiger partial charge in [0.1, 0.15) is 0 Å². The van der Waals surface area contributed by atoms with Crippen LogP contribution in [0, 0.1) is 0 Å². The van der Waals surface area contributed by atoms with Gasteiger partial charge in [-0.2, -0.15) is 0 Å². The zero-order chi connectivity index (χ0) is 13.3. The summed E-state index contributed by atoms with van der Waals surface area (Å²) in [6.45, 7) is 5.58. The molecular weight excluding hydrogens is 266 g/mol. The minimum Gasteiger partial charge on any atom is -0.466 e. The minimum absolute atomic E-state index is 0.211. The molecule has 0 saturated carbocycles. The third kappa shape index (κ3) is 202. The fourth-order valence-corrected chi connectivity index (χ4v) is 0.203. The number of aliphatic hydroxyl groups is 2. The summed E-state index contributed by atoms with van der Waals surface area (Å²) in [6.07, 6.45) is 0. The van der Waals surface area contributed by atoms with Crippen molar-refractivity contribution in [3.8, 4) is 0 Å². The topological polar surface area (TPSA) is 66.8 Å². The van der Waals surface area contributed by atoms with Crippen molar-refractivity contribution in [2.24, 2.45) is 0 Å². The van der Waals surface area contributed by atoms with E-state index in [0.29, 0.717) is 6.61 Å². The lowest BCUT2D eigenvalue weighted by Crippen LogP contribution is -1.95. The molecule has 0 bridgehead atoms. The van der Waals surface area contributed by atoms with Crippen molar-refractivity contribution in [2.45, 2.75) is 25.1 Å². The number of ether oxygens (including phenoxy) is 1. The van der Waals surface area contributed by atoms with E-state index in [1.54, 1.807) is 13.8 Å². The number of hydrogen-bond donors (Lipinski definition) is 2. The van der Waals surface area contributed by atoms with E-state index in [1.165, 1.54) is 6.92 Å². The summed E-state index contributed by atoms with van der Waals surface area (Å²) in [5, 5.41) is 14.6. The van der Waals surface area contributed by atoms with E-state index in [1.807, 2.05) is 0 Å². The van der Waals surface area contributed by atoms with Crippen LogP contribution in [0.2, 0.25) is 0 Å². The number of carbonyl (C=O) groups excluding carboxylic acids is 1. The van der Waals surface area contributed by atoms with Crippen LogP contribution in [0.3, 0.4) is 0 Å². The zero-order valence-electron chi connectivity index (χ0n) is 9.34. The lowest BCUT2D eigenvalue weighted by atomic mass is 10.8. The summed E-state index contributed by atoms with van der Waals surface area (Å²) >= 11 is 14.4. The predicted molar refractivity (Wildman–Crippen MR) is 64.6 cm³/mol. The molecule has 0 aliphatic heterocycles. The van der Waals surface area contributed by atoms with Crippen molar-refractivity contribution in [2.75, 3.05) is 20.3 Å². The standard InChI is InChI=1S/C4H8O2.C2H6O.CHCl3.CH4O/c1-3-6-4(2)5;1-2-3;2-1(3)4;1-2/h3H2,1-2H3;3H,2H2,1H3;1H;2H,1H3. The molecule has 0 aromatic rings. The Labute approximate surface area is 106 Å². The van der Waals surface area contributed by atoms with E-state index < -0.39 is 4.30 Å². The number of rotatable bonds is 1. The quantitative estimate of drug-likeness (QED) is 0.572. The first-order valence-electron chi connectivity index (χ1n) is 4.03. The van der Waals surface area contributed by atoms with Gasteiger partial charge in [-0.15, -0.1) is 0 Å². The molecule has 4 nitrogen and oxygen atoms in total. The van der Waals surface area contributed by atoms with Gasteiger partial charge in [0.05, 0.1) is 6.61 Å². The summed E-state index contributed by atoms with van der Waals surface area (Å²) in [4.78, 5) is 9.82. The highest BCUT2D eigenvalue weighted by Gasteiger charge is 1.81. The van der Waals surface area contributed by atoms with Gasteiger partial charge in [0.25, 0.3) is 0 Å². The van der Waals surface area contributed by atoms with Gasteiger partial charge in [0.15, 0.2) is 4.30 Å². The summed E-state index contributed by atoms with van der Waals surface area (Å²) < 4.78 is 3.65.